The van der Waals surface area contributed by atoms with Gasteiger partial charge in [-0.2, -0.15) is 5.10 Å². The maximum absolute atomic E-state index is 13.0. The second-order valence-electron chi connectivity index (χ2n) is 9.97. The van der Waals surface area contributed by atoms with Gasteiger partial charge in [0.1, 0.15) is 0 Å². The van der Waals surface area contributed by atoms with Crippen LogP contribution in [-0.4, -0.2) is 32.9 Å². The molecule has 2 heterocycles. The summed E-state index contributed by atoms with van der Waals surface area (Å²) in [5.74, 6) is 0. The van der Waals surface area contributed by atoms with E-state index in [2.05, 4.69) is 30.6 Å². The number of rotatable bonds is 5. The Labute approximate surface area is 186 Å². The Morgan fingerprint density at radius 1 is 1.12 bits per heavy atom. The van der Waals surface area contributed by atoms with Gasteiger partial charge in [-0.15, -0.1) is 0 Å². The highest BCUT2D eigenvalue weighted by Crippen LogP contribution is 2.36. The molecule has 0 amide bonds. The van der Waals surface area contributed by atoms with E-state index in [0.717, 1.165) is 28.8 Å². The van der Waals surface area contributed by atoms with Gasteiger partial charge in [-0.05, 0) is 44.0 Å². The van der Waals surface area contributed by atoms with Crippen molar-refractivity contribution >= 4 is 20.9 Å². The summed E-state index contributed by atoms with van der Waals surface area (Å²) >= 11 is 0. The molecule has 172 valence electrons. The number of sulfonamides is 1. The number of hydrogen-bond donors (Lipinski definition) is 1. The summed E-state index contributed by atoms with van der Waals surface area (Å²) < 4.78 is 32.5. The monoisotopic (exact) mass is 459 g/mol. The molecule has 10 heteroatoms. The topological polar surface area (TPSA) is 108 Å². The number of aryl methyl sites for hydroxylation is 1. The van der Waals surface area contributed by atoms with Gasteiger partial charge in [0.25, 0.3) is 5.56 Å². The number of nitrogens with one attached hydrogen (secondary N) is 1. The van der Waals surface area contributed by atoms with Gasteiger partial charge in [0.05, 0.1) is 33.7 Å². The van der Waals surface area contributed by atoms with E-state index in [1.807, 2.05) is 20.0 Å². The van der Waals surface area contributed by atoms with E-state index in [9.17, 15) is 18.0 Å². The maximum atomic E-state index is 13.0. The average molecular weight is 460 g/mol. The van der Waals surface area contributed by atoms with E-state index >= 15 is 0 Å². The van der Waals surface area contributed by atoms with Crippen molar-refractivity contribution in [3.05, 3.63) is 56.5 Å². The number of hydrogen-bond acceptors (Lipinski definition) is 5. The highest BCUT2D eigenvalue weighted by Gasteiger charge is 2.41. The van der Waals surface area contributed by atoms with Gasteiger partial charge < -0.3 is 0 Å². The van der Waals surface area contributed by atoms with E-state index in [1.165, 1.54) is 29.8 Å². The van der Waals surface area contributed by atoms with Crippen LogP contribution >= 0.6 is 0 Å². The third-order valence-electron chi connectivity index (χ3n) is 6.07. The predicted molar refractivity (Wildman–Crippen MR) is 122 cm³/mol. The maximum Gasteiger partial charge on any atom is 0.331 e. The van der Waals surface area contributed by atoms with Crippen molar-refractivity contribution in [2.75, 3.05) is 0 Å². The fraction of sp³-hybridized carbons (Fsp3) is 0.500. The summed E-state index contributed by atoms with van der Waals surface area (Å²) in [6.45, 7) is 8.23. The second kappa shape index (κ2) is 7.14. The number of benzene rings is 1. The molecule has 1 fully saturated rings. The van der Waals surface area contributed by atoms with Crippen molar-refractivity contribution in [1.29, 1.82) is 0 Å². The smallest absolute Gasteiger partial charge is 0.287 e. The molecular weight excluding hydrogens is 430 g/mol. The summed E-state index contributed by atoms with van der Waals surface area (Å²) in [4.78, 5) is 25.8. The van der Waals surface area contributed by atoms with E-state index in [-0.39, 0.29) is 22.2 Å². The van der Waals surface area contributed by atoms with Gasteiger partial charge in [0.2, 0.25) is 10.0 Å². The highest BCUT2D eigenvalue weighted by molar-refractivity contribution is 7.89. The van der Waals surface area contributed by atoms with E-state index < -0.39 is 26.8 Å². The van der Waals surface area contributed by atoms with E-state index in [0.29, 0.717) is 5.52 Å². The summed E-state index contributed by atoms with van der Waals surface area (Å²) in [5.41, 5.74) is 0.495. The minimum absolute atomic E-state index is 0.0102. The Balaban J connectivity index is 1.85. The van der Waals surface area contributed by atoms with Crippen molar-refractivity contribution in [1.82, 2.24) is 23.6 Å². The first-order valence-corrected chi connectivity index (χ1v) is 12.0. The molecule has 9 nitrogen and oxygen atoms in total. The van der Waals surface area contributed by atoms with Gasteiger partial charge in [-0.25, -0.2) is 17.9 Å². The molecule has 0 spiro atoms. The molecular formula is C22H29N5O4S. The van der Waals surface area contributed by atoms with Crippen LogP contribution in [0, 0.1) is 0 Å². The largest absolute Gasteiger partial charge is 0.331 e. The van der Waals surface area contributed by atoms with Crippen LogP contribution in [0.2, 0.25) is 0 Å². The lowest BCUT2D eigenvalue weighted by atomic mass is 9.92. The molecule has 0 aliphatic heterocycles. The van der Waals surface area contributed by atoms with Crippen LogP contribution in [0.25, 0.3) is 10.9 Å². The first-order chi connectivity index (χ1) is 14.7. The molecule has 0 bridgehead atoms. The fourth-order valence-electron chi connectivity index (χ4n) is 3.65. The summed E-state index contributed by atoms with van der Waals surface area (Å²) in [6.07, 6.45) is 1.56. The van der Waals surface area contributed by atoms with Crippen LogP contribution in [0.15, 0.2) is 38.8 Å². The van der Waals surface area contributed by atoms with Crippen molar-refractivity contribution < 1.29 is 8.42 Å². The minimum atomic E-state index is -3.78. The Morgan fingerprint density at radius 3 is 2.34 bits per heavy atom. The SMILES string of the molecule is Cn1nc(C(C)(C)C)cc1Cn1c(=O)n(C)c(=O)c2cc(S(=O)(=O)NC3(C)CC3)ccc21. The molecule has 1 aromatic carbocycles. The number of nitrogens with zero attached hydrogens (tertiary/aromatic N) is 4. The Morgan fingerprint density at radius 2 is 1.78 bits per heavy atom. The Hall–Kier alpha value is -2.72. The van der Waals surface area contributed by atoms with Crippen LogP contribution in [0.5, 0.6) is 0 Å². The molecule has 1 aliphatic rings. The molecule has 1 aliphatic carbocycles. The van der Waals surface area contributed by atoms with Crippen molar-refractivity contribution in [3.63, 3.8) is 0 Å². The second-order valence-corrected chi connectivity index (χ2v) is 11.7. The van der Waals surface area contributed by atoms with Crippen LogP contribution in [0.3, 0.4) is 0 Å². The third-order valence-corrected chi connectivity index (χ3v) is 7.70. The molecule has 1 saturated carbocycles. The lowest BCUT2D eigenvalue weighted by Crippen LogP contribution is -2.39. The summed E-state index contributed by atoms with van der Waals surface area (Å²) in [6, 6.07) is 6.27. The van der Waals surface area contributed by atoms with Crippen molar-refractivity contribution in [2.45, 2.75) is 62.9 Å². The normalized spacial score (nSPS) is 15.9. The first kappa shape index (κ1) is 22.5. The molecule has 0 atom stereocenters. The van der Waals surface area contributed by atoms with Crippen LogP contribution in [0.1, 0.15) is 51.9 Å². The van der Waals surface area contributed by atoms with E-state index in [4.69, 9.17) is 0 Å². The standard InChI is InChI=1S/C22H29N5O4S/c1-21(2,3)18-11-14(26(6)23-18)13-27-17-8-7-15(32(30,31)24-22(4)9-10-22)12-16(17)19(28)25(5)20(27)29/h7-8,11-12,24H,9-10,13H2,1-6H3. The molecule has 0 saturated heterocycles. The lowest BCUT2D eigenvalue weighted by Gasteiger charge is -2.15. The quantitative estimate of drug-likeness (QED) is 0.624. The fourth-order valence-corrected chi connectivity index (χ4v) is 5.14. The molecule has 1 N–H and O–H groups in total. The Kier molecular flexibility index (Phi) is 5.02. The van der Waals surface area contributed by atoms with Gasteiger partial charge in [-0.3, -0.25) is 18.6 Å². The lowest BCUT2D eigenvalue weighted by molar-refractivity contribution is 0.549. The van der Waals surface area contributed by atoms with Gasteiger partial charge in [-0.1, -0.05) is 20.8 Å². The zero-order chi connectivity index (χ0) is 23.6. The Bertz CT molecular complexity index is 1450. The van der Waals surface area contributed by atoms with Crippen LogP contribution < -0.4 is 16.0 Å². The molecule has 3 aromatic rings. The predicted octanol–water partition coefficient (Wildman–Crippen LogP) is 1.61. The molecule has 2 aromatic heterocycles. The molecule has 32 heavy (non-hydrogen) atoms. The van der Waals surface area contributed by atoms with Gasteiger partial charge >= 0.3 is 5.69 Å². The third kappa shape index (κ3) is 3.93. The molecule has 0 unspecified atom stereocenters. The number of fused-ring (bicyclic) bond motifs is 1. The molecule has 4 rings (SSSR count). The van der Waals surface area contributed by atoms with Crippen molar-refractivity contribution in [2.24, 2.45) is 14.1 Å². The summed E-state index contributed by atoms with van der Waals surface area (Å²) in [7, 11) is -0.566. The zero-order valence-corrected chi connectivity index (χ0v) is 20.1. The van der Waals surface area contributed by atoms with Gasteiger partial charge in [0.15, 0.2) is 0 Å². The van der Waals surface area contributed by atoms with Crippen LogP contribution in [-0.2, 0) is 36.1 Å². The number of aromatic nitrogens is 4. The highest BCUT2D eigenvalue weighted by atomic mass is 32.2. The van der Waals surface area contributed by atoms with Gasteiger partial charge in [0, 0.05) is 25.0 Å². The molecule has 0 radical (unpaired) electrons. The van der Waals surface area contributed by atoms with Crippen molar-refractivity contribution in [3.8, 4) is 0 Å². The zero-order valence-electron chi connectivity index (χ0n) is 19.3. The van der Waals surface area contributed by atoms with E-state index in [1.54, 1.807) is 4.68 Å². The summed E-state index contributed by atoms with van der Waals surface area (Å²) in [5, 5.41) is 4.73. The van der Waals surface area contributed by atoms with Crippen LogP contribution in [0.4, 0.5) is 0 Å². The minimum Gasteiger partial charge on any atom is -0.287 e. The first-order valence-electron chi connectivity index (χ1n) is 10.5. The average Bonchev–Trinajstić information content (AvgIpc) is 3.28.